The Morgan fingerprint density at radius 2 is 1.89 bits per heavy atom. The lowest BCUT2D eigenvalue weighted by atomic mass is 9.94. The van der Waals surface area contributed by atoms with Crippen LogP contribution < -0.4 is 10.6 Å². The number of hydrogen-bond acceptors (Lipinski definition) is 3. The standard InChI is InChI=1S/C21H36N4O.HI/c1-4-22-21(23-13-8-14-25-15-11-20(26)12-16-25)24-18(3)17(2)19-9-6-5-7-10-19;/h5-7,9-10,17-18,20,26H,4,8,11-16H2,1-3H3,(H2,22,23,24);1H. The lowest BCUT2D eigenvalue weighted by Crippen LogP contribution is -2.44. The van der Waals surface area contributed by atoms with Crippen molar-refractivity contribution in [3.8, 4) is 0 Å². The third kappa shape index (κ3) is 8.79. The number of benzene rings is 1. The molecule has 2 unspecified atom stereocenters. The maximum absolute atomic E-state index is 9.58. The number of piperidine rings is 1. The van der Waals surface area contributed by atoms with Crippen LogP contribution in [-0.4, -0.2) is 60.8 Å². The van der Waals surface area contributed by atoms with Crippen molar-refractivity contribution in [2.75, 3.05) is 32.7 Å². The molecule has 0 aliphatic carbocycles. The molecule has 0 amide bonds. The molecule has 1 saturated heterocycles. The Labute approximate surface area is 182 Å². The number of aliphatic hydroxyl groups is 1. The molecule has 1 fully saturated rings. The Balaban J connectivity index is 0.00000364. The van der Waals surface area contributed by atoms with Gasteiger partial charge in [-0.25, -0.2) is 0 Å². The Morgan fingerprint density at radius 1 is 1.22 bits per heavy atom. The van der Waals surface area contributed by atoms with Gasteiger partial charge in [-0.3, -0.25) is 4.99 Å². The van der Waals surface area contributed by atoms with Crippen molar-refractivity contribution in [3.63, 3.8) is 0 Å². The summed E-state index contributed by atoms with van der Waals surface area (Å²) < 4.78 is 0. The summed E-state index contributed by atoms with van der Waals surface area (Å²) in [5, 5.41) is 16.5. The normalized spacial score (nSPS) is 18.4. The molecule has 154 valence electrons. The van der Waals surface area contributed by atoms with Gasteiger partial charge in [-0.1, -0.05) is 37.3 Å². The number of nitrogens with one attached hydrogen (secondary N) is 2. The molecule has 0 spiro atoms. The molecule has 1 heterocycles. The van der Waals surface area contributed by atoms with Gasteiger partial charge in [0.25, 0.3) is 0 Å². The minimum atomic E-state index is -0.0954. The highest BCUT2D eigenvalue weighted by Gasteiger charge is 2.17. The molecule has 1 aromatic rings. The SMILES string of the molecule is CCNC(=NCCCN1CCC(O)CC1)NC(C)C(C)c1ccccc1.I. The van der Waals surface area contributed by atoms with Crippen LogP contribution in [0, 0.1) is 0 Å². The maximum Gasteiger partial charge on any atom is 0.191 e. The van der Waals surface area contributed by atoms with E-state index in [0.29, 0.717) is 12.0 Å². The number of rotatable bonds is 8. The fourth-order valence-corrected chi connectivity index (χ4v) is 3.33. The van der Waals surface area contributed by atoms with E-state index in [-0.39, 0.29) is 30.1 Å². The predicted molar refractivity (Wildman–Crippen MR) is 125 cm³/mol. The van der Waals surface area contributed by atoms with Crippen molar-refractivity contribution in [3.05, 3.63) is 35.9 Å². The molecular formula is C21H37IN4O. The van der Waals surface area contributed by atoms with E-state index in [9.17, 15) is 5.11 Å². The van der Waals surface area contributed by atoms with Crippen molar-refractivity contribution in [1.29, 1.82) is 0 Å². The molecule has 0 radical (unpaired) electrons. The van der Waals surface area contributed by atoms with Crippen molar-refractivity contribution in [2.24, 2.45) is 4.99 Å². The minimum Gasteiger partial charge on any atom is -0.393 e. The van der Waals surface area contributed by atoms with Crippen LogP contribution in [0.2, 0.25) is 0 Å². The topological polar surface area (TPSA) is 59.9 Å². The van der Waals surface area contributed by atoms with E-state index in [1.165, 1.54) is 5.56 Å². The summed E-state index contributed by atoms with van der Waals surface area (Å²) in [5.41, 5.74) is 1.34. The first kappa shape index (κ1) is 24.2. The molecule has 2 atom stereocenters. The maximum atomic E-state index is 9.58. The number of aliphatic hydroxyl groups excluding tert-OH is 1. The Bertz CT molecular complexity index is 532. The van der Waals surface area contributed by atoms with Crippen LogP contribution in [0.15, 0.2) is 35.3 Å². The summed E-state index contributed by atoms with van der Waals surface area (Å²) in [7, 11) is 0. The van der Waals surface area contributed by atoms with Crippen LogP contribution in [0.3, 0.4) is 0 Å². The summed E-state index contributed by atoms with van der Waals surface area (Å²) in [6.45, 7) is 11.3. The van der Waals surface area contributed by atoms with E-state index in [4.69, 9.17) is 4.99 Å². The van der Waals surface area contributed by atoms with Crippen LogP contribution in [-0.2, 0) is 0 Å². The van der Waals surface area contributed by atoms with Gasteiger partial charge in [0, 0.05) is 38.1 Å². The average molecular weight is 488 g/mol. The van der Waals surface area contributed by atoms with Gasteiger partial charge < -0.3 is 20.6 Å². The quantitative estimate of drug-likeness (QED) is 0.228. The zero-order valence-electron chi connectivity index (χ0n) is 17.0. The molecule has 5 nitrogen and oxygen atoms in total. The van der Waals surface area contributed by atoms with E-state index in [0.717, 1.165) is 57.9 Å². The van der Waals surface area contributed by atoms with E-state index >= 15 is 0 Å². The number of halogens is 1. The summed E-state index contributed by atoms with van der Waals surface area (Å²) in [4.78, 5) is 7.18. The minimum absolute atomic E-state index is 0. The second kappa shape index (κ2) is 13.3. The molecule has 0 bridgehead atoms. The third-order valence-corrected chi connectivity index (χ3v) is 5.24. The molecular weight excluding hydrogens is 451 g/mol. The zero-order valence-corrected chi connectivity index (χ0v) is 19.4. The van der Waals surface area contributed by atoms with Gasteiger partial charge in [0.2, 0.25) is 0 Å². The number of nitrogens with zero attached hydrogens (tertiary/aromatic N) is 2. The van der Waals surface area contributed by atoms with Gasteiger partial charge in [0.05, 0.1) is 6.10 Å². The smallest absolute Gasteiger partial charge is 0.191 e. The van der Waals surface area contributed by atoms with Crippen LogP contribution in [0.4, 0.5) is 0 Å². The lowest BCUT2D eigenvalue weighted by molar-refractivity contribution is 0.0824. The molecule has 1 aromatic carbocycles. The monoisotopic (exact) mass is 488 g/mol. The molecule has 0 saturated carbocycles. The largest absolute Gasteiger partial charge is 0.393 e. The van der Waals surface area contributed by atoms with Crippen LogP contribution in [0.5, 0.6) is 0 Å². The number of aliphatic imine (C=N–C) groups is 1. The van der Waals surface area contributed by atoms with E-state index in [2.05, 4.69) is 66.6 Å². The molecule has 27 heavy (non-hydrogen) atoms. The highest BCUT2D eigenvalue weighted by Crippen LogP contribution is 2.18. The van der Waals surface area contributed by atoms with Gasteiger partial charge >= 0.3 is 0 Å². The Hall–Kier alpha value is -0.860. The molecule has 6 heteroatoms. The van der Waals surface area contributed by atoms with Crippen LogP contribution in [0.25, 0.3) is 0 Å². The third-order valence-electron chi connectivity index (χ3n) is 5.24. The predicted octanol–water partition coefficient (Wildman–Crippen LogP) is 3.20. The highest BCUT2D eigenvalue weighted by molar-refractivity contribution is 14.0. The summed E-state index contributed by atoms with van der Waals surface area (Å²) in [5.74, 6) is 1.32. The van der Waals surface area contributed by atoms with Crippen molar-refractivity contribution < 1.29 is 5.11 Å². The summed E-state index contributed by atoms with van der Waals surface area (Å²) >= 11 is 0. The first-order valence-electron chi connectivity index (χ1n) is 10.1. The lowest BCUT2D eigenvalue weighted by Gasteiger charge is -2.29. The second-order valence-electron chi connectivity index (χ2n) is 7.32. The van der Waals surface area contributed by atoms with Crippen LogP contribution >= 0.6 is 24.0 Å². The second-order valence-corrected chi connectivity index (χ2v) is 7.32. The molecule has 1 aliphatic heterocycles. The molecule has 0 aromatic heterocycles. The van der Waals surface area contributed by atoms with Gasteiger partial charge in [-0.15, -0.1) is 24.0 Å². The van der Waals surface area contributed by atoms with Gasteiger partial charge in [0.1, 0.15) is 0 Å². The summed E-state index contributed by atoms with van der Waals surface area (Å²) in [6.07, 6.45) is 2.77. The number of guanidine groups is 1. The summed E-state index contributed by atoms with van der Waals surface area (Å²) in [6, 6.07) is 10.9. The van der Waals surface area contributed by atoms with Gasteiger partial charge in [-0.05, 0) is 45.2 Å². The van der Waals surface area contributed by atoms with Gasteiger partial charge in [0.15, 0.2) is 5.96 Å². The fraction of sp³-hybridized carbons (Fsp3) is 0.667. The van der Waals surface area contributed by atoms with E-state index in [1.807, 2.05) is 0 Å². The number of hydrogen-bond donors (Lipinski definition) is 3. The Kier molecular flexibility index (Phi) is 11.9. The van der Waals surface area contributed by atoms with E-state index in [1.54, 1.807) is 0 Å². The fourth-order valence-electron chi connectivity index (χ4n) is 3.33. The molecule has 3 N–H and O–H groups in total. The molecule has 2 rings (SSSR count). The Morgan fingerprint density at radius 3 is 2.52 bits per heavy atom. The van der Waals surface area contributed by atoms with Crippen molar-refractivity contribution >= 4 is 29.9 Å². The highest BCUT2D eigenvalue weighted by atomic mass is 127. The average Bonchev–Trinajstić information content (AvgIpc) is 2.66. The van der Waals surface area contributed by atoms with Crippen molar-refractivity contribution in [1.82, 2.24) is 15.5 Å². The first-order valence-corrected chi connectivity index (χ1v) is 10.1. The van der Waals surface area contributed by atoms with Crippen molar-refractivity contribution in [2.45, 2.75) is 58.1 Å². The van der Waals surface area contributed by atoms with Crippen LogP contribution in [0.1, 0.15) is 51.5 Å². The van der Waals surface area contributed by atoms with E-state index < -0.39 is 0 Å². The number of likely N-dealkylation sites (tertiary alicyclic amines) is 1. The first-order chi connectivity index (χ1) is 12.6. The molecule has 1 aliphatic rings. The zero-order chi connectivity index (χ0) is 18.8. The van der Waals surface area contributed by atoms with Gasteiger partial charge in [-0.2, -0.15) is 0 Å².